The standard InChI is InChI=1S/C26H26N2O5/c29-24(28-15-18(25(30)31)14-17-11-12-17)10-5-13-27-26(32)33-16-23-21-8-3-1-6-19(21)20-7-2-4-9-22(20)23/h1-4,6-9,17-18,23H,11-16H2,(H,27,32)(H,28,29)(H,30,31). The lowest BCUT2D eigenvalue weighted by atomic mass is 9.98. The fourth-order valence-electron chi connectivity index (χ4n) is 4.18. The monoisotopic (exact) mass is 446 g/mol. The van der Waals surface area contributed by atoms with Crippen molar-refractivity contribution in [2.24, 2.45) is 11.8 Å². The zero-order chi connectivity index (χ0) is 23.2. The van der Waals surface area contributed by atoms with Gasteiger partial charge in [-0.3, -0.25) is 9.59 Å². The topological polar surface area (TPSA) is 105 Å². The normalized spacial score (nSPS) is 14.8. The predicted molar refractivity (Wildman–Crippen MR) is 122 cm³/mol. The first-order valence-electron chi connectivity index (χ1n) is 11.1. The van der Waals surface area contributed by atoms with E-state index < -0.39 is 23.9 Å². The van der Waals surface area contributed by atoms with Gasteiger partial charge in [0, 0.05) is 12.5 Å². The van der Waals surface area contributed by atoms with Gasteiger partial charge in [-0.1, -0.05) is 67.3 Å². The summed E-state index contributed by atoms with van der Waals surface area (Å²) in [5.74, 6) is 3.28. The van der Waals surface area contributed by atoms with Crippen LogP contribution in [0.25, 0.3) is 11.1 Å². The van der Waals surface area contributed by atoms with Gasteiger partial charge in [-0.25, -0.2) is 4.79 Å². The van der Waals surface area contributed by atoms with Crippen LogP contribution in [0.1, 0.15) is 36.3 Å². The molecule has 1 atom stereocenters. The number of alkyl carbamates (subject to hydrolysis) is 1. The number of hydrogen-bond acceptors (Lipinski definition) is 4. The van der Waals surface area contributed by atoms with Crippen LogP contribution in [0.4, 0.5) is 4.79 Å². The first kappa shape index (κ1) is 22.4. The molecule has 1 saturated carbocycles. The molecule has 1 unspecified atom stereocenters. The Hall–Kier alpha value is -3.79. The highest BCUT2D eigenvalue weighted by Crippen LogP contribution is 2.44. The Kier molecular flexibility index (Phi) is 6.94. The first-order chi connectivity index (χ1) is 16.0. The fraction of sp³-hybridized carbons (Fsp3) is 0.346. The number of amides is 2. The van der Waals surface area contributed by atoms with Crippen LogP contribution in [0.3, 0.4) is 0 Å². The van der Waals surface area contributed by atoms with Gasteiger partial charge in [-0.05, 0) is 40.5 Å². The molecule has 0 bridgehead atoms. The maximum absolute atomic E-state index is 12.1. The van der Waals surface area contributed by atoms with Crippen LogP contribution in [-0.4, -0.2) is 42.8 Å². The smallest absolute Gasteiger partial charge is 0.407 e. The molecule has 0 heterocycles. The van der Waals surface area contributed by atoms with Crippen LogP contribution in [0.2, 0.25) is 0 Å². The van der Waals surface area contributed by atoms with Crippen molar-refractivity contribution in [3.8, 4) is 23.0 Å². The second-order valence-corrected chi connectivity index (χ2v) is 8.41. The molecule has 4 rings (SSSR count). The average molecular weight is 447 g/mol. The number of aliphatic carboxylic acids is 1. The van der Waals surface area contributed by atoms with E-state index in [-0.39, 0.29) is 25.6 Å². The van der Waals surface area contributed by atoms with Crippen molar-refractivity contribution in [2.45, 2.75) is 25.2 Å². The van der Waals surface area contributed by atoms with E-state index >= 15 is 0 Å². The fourth-order valence-corrected chi connectivity index (χ4v) is 4.18. The van der Waals surface area contributed by atoms with Gasteiger partial charge in [0.1, 0.15) is 6.61 Å². The minimum absolute atomic E-state index is 0.0298. The van der Waals surface area contributed by atoms with Gasteiger partial charge in [0.05, 0.1) is 12.5 Å². The van der Waals surface area contributed by atoms with Gasteiger partial charge < -0.3 is 20.5 Å². The number of benzene rings is 2. The van der Waals surface area contributed by atoms with Gasteiger partial charge in [-0.2, -0.15) is 0 Å². The summed E-state index contributed by atoms with van der Waals surface area (Å²) in [4.78, 5) is 35.2. The van der Waals surface area contributed by atoms with E-state index in [0.29, 0.717) is 12.3 Å². The molecule has 7 nitrogen and oxygen atoms in total. The molecule has 3 N–H and O–H groups in total. The Labute approximate surface area is 192 Å². The van der Waals surface area contributed by atoms with Crippen molar-refractivity contribution in [1.82, 2.24) is 10.6 Å². The lowest BCUT2D eigenvalue weighted by molar-refractivity contribution is -0.142. The maximum Gasteiger partial charge on any atom is 0.407 e. The number of carbonyl (C=O) groups is 3. The highest BCUT2D eigenvalue weighted by molar-refractivity contribution is 5.93. The predicted octanol–water partition coefficient (Wildman–Crippen LogP) is 3.15. The van der Waals surface area contributed by atoms with Crippen LogP contribution in [0, 0.1) is 23.7 Å². The van der Waals surface area contributed by atoms with Gasteiger partial charge in [0.2, 0.25) is 0 Å². The highest BCUT2D eigenvalue weighted by Gasteiger charge is 2.30. The second kappa shape index (κ2) is 10.2. The first-order valence-corrected chi connectivity index (χ1v) is 11.1. The van der Waals surface area contributed by atoms with Crippen molar-refractivity contribution < 1.29 is 24.2 Å². The van der Waals surface area contributed by atoms with Gasteiger partial charge in [0.25, 0.3) is 5.91 Å². The Morgan fingerprint density at radius 1 is 1.00 bits per heavy atom. The number of nitrogens with one attached hydrogen (secondary N) is 2. The van der Waals surface area contributed by atoms with Crippen molar-refractivity contribution in [2.75, 3.05) is 19.7 Å². The third kappa shape index (κ3) is 5.72. The number of rotatable bonds is 8. The molecule has 0 aliphatic heterocycles. The summed E-state index contributed by atoms with van der Waals surface area (Å²) in [6.07, 6.45) is 2.08. The van der Waals surface area contributed by atoms with Crippen LogP contribution in [0.15, 0.2) is 48.5 Å². The average Bonchev–Trinajstić information content (AvgIpc) is 3.58. The molecule has 2 aliphatic rings. The molecular weight excluding hydrogens is 420 g/mol. The van der Waals surface area contributed by atoms with E-state index in [4.69, 9.17) is 4.74 Å². The van der Waals surface area contributed by atoms with E-state index in [0.717, 1.165) is 35.1 Å². The van der Waals surface area contributed by atoms with E-state index in [9.17, 15) is 19.5 Å². The molecule has 7 heteroatoms. The van der Waals surface area contributed by atoms with Crippen LogP contribution in [0.5, 0.6) is 0 Å². The number of carboxylic acids is 1. The van der Waals surface area contributed by atoms with E-state index in [1.54, 1.807) is 0 Å². The molecule has 170 valence electrons. The number of fused-ring (bicyclic) bond motifs is 3. The van der Waals surface area contributed by atoms with E-state index in [2.05, 4.69) is 34.6 Å². The Morgan fingerprint density at radius 3 is 2.24 bits per heavy atom. The second-order valence-electron chi connectivity index (χ2n) is 8.41. The molecule has 1 fully saturated rings. The number of ether oxygens (including phenoxy) is 1. The summed E-state index contributed by atoms with van der Waals surface area (Å²) < 4.78 is 5.41. The zero-order valence-electron chi connectivity index (χ0n) is 18.2. The Morgan fingerprint density at radius 2 is 1.64 bits per heavy atom. The molecule has 2 aliphatic carbocycles. The minimum Gasteiger partial charge on any atom is -0.481 e. The van der Waals surface area contributed by atoms with E-state index in [1.165, 1.54) is 0 Å². The quantitative estimate of drug-likeness (QED) is 0.541. The third-order valence-corrected chi connectivity index (χ3v) is 6.04. The maximum atomic E-state index is 12.1. The summed E-state index contributed by atoms with van der Waals surface area (Å²) in [7, 11) is 0. The lowest BCUT2D eigenvalue weighted by Crippen LogP contribution is -2.32. The van der Waals surface area contributed by atoms with Crippen molar-refractivity contribution in [3.05, 3.63) is 59.7 Å². The molecule has 0 aromatic heterocycles. The Balaban J connectivity index is 1.21. The SMILES string of the molecule is O=C(C#CCNC(=O)OCC1c2ccccc2-c2ccccc21)NCC(CC1CC1)C(=O)O. The Bertz CT molecular complexity index is 1070. The third-order valence-electron chi connectivity index (χ3n) is 6.04. The summed E-state index contributed by atoms with van der Waals surface area (Å²) in [6.45, 7) is 0.207. The van der Waals surface area contributed by atoms with E-state index in [1.807, 2.05) is 36.4 Å². The summed E-state index contributed by atoms with van der Waals surface area (Å²) in [5.41, 5.74) is 4.57. The molecule has 2 aromatic carbocycles. The van der Waals surface area contributed by atoms with Crippen molar-refractivity contribution in [3.63, 3.8) is 0 Å². The molecule has 0 spiro atoms. The summed E-state index contributed by atoms with van der Waals surface area (Å²) in [6, 6.07) is 16.2. The van der Waals surface area contributed by atoms with Gasteiger partial charge >= 0.3 is 12.1 Å². The van der Waals surface area contributed by atoms with Crippen molar-refractivity contribution in [1.29, 1.82) is 0 Å². The number of carbonyl (C=O) groups excluding carboxylic acids is 2. The summed E-state index contributed by atoms with van der Waals surface area (Å²) >= 11 is 0. The largest absolute Gasteiger partial charge is 0.481 e. The van der Waals surface area contributed by atoms with Crippen molar-refractivity contribution >= 4 is 18.0 Å². The van der Waals surface area contributed by atoms with Crippen LogP contribution in [-0.2, 0) is 14.3 Å². The lowest BCUT2D eigenvalue weighted by Gasteiger charge is -2.14. The zero-order valence-corrected chi connectivity index (χ0v) is 18.2. The molecule has 2 amide bonds. The van der Waals surface area contributed by atoms with Crippen LogP contribution < -0.4 is 10.6 Å². The van der Waals surface area contributed by atoms with Gasteiger partial charge in [-0.15, -0.1) is 0 Å². The minimum atomic E-state index is -0.910. The molecule has 33 heavy (non-hydrogen) atoms. The molecule has 0 radical (unpaired) electrons. The van der Waals surface area contributed by atoms with Crippen LogP contribution >= 0.6 is 0 Å². The highest BCUT2D eigenvalue weighted by atomic mass is 16.5. The number of hydrogen-bond donors (Lipinski definition) is 3. The number of carboxylic acid groups (broad SMARTS) is 1. The van der Waals surface area contributed by atoms with Gasteiger partial charge in [0.15, 0.2) is 0 Å². The summed E-state index contributed by atoms with van der Waals surface area (Å²) in [5, 5.41) is 14.3. The molecule has 2 aromatic rings. The molecule has 0 saturated heterocycles. The molecular formula is C26H26N2O5.